The first-order valence-corrected chi connectivity index (χ1v) is 18.7. The molecule has 15 heteroatoms. The van der Waals surface area contributed by atoms with Crippen molar-refractivity contribution in [1.82, 2.24) is 25.4 Å². The van der Waals surface area contributed by atoms with E-state index in [9.17, 15) is 18.8 Å². The van der Waals surface area contributed by atoms with E-state index in [1.807, 2.05) is 22.4 Å². The molecule has 2 fully saturated rings. The number of rotatable bonds is 10. The van der Waals surface area contributed by atoms with Crippen molar-refractivity contribution in [2.75, 3.05) is 44.7 Å². The van der Waals surface area contributed by atoms with Crippen molar-refractivity contribution in [2.24, 2.45) is 4.99 Å². The minimum Gasteiger partial charge on any atom is -0.466 e. The molecule has 4 aromatic rings. The number of methoxy groups -OCH3 is 1. The molecule has 55 heavy (non-hydrogen) atoms. The number of hydrogen-bond acceptors (Lipinski definition) is 10. The first kappa shape index (κ1) is 37.6. The van der Waals surface area contributed by atoms with Crippen LogP contribution in [-0.4, -0.2) is 89.9 Å². The Morgan fingerprint density at radius 1 is 1.09 bits per heavy atom. The molecule has 12 nitrogen and oxygen atoms in total. The van der Waals surface area contributed by atoms with Crippen LogP contribution >= 0.6 is 22.9 Å². The van der Waals surface area contributed by atoms with Crippen molar-refractivity contribution in [1.29, 1.82) is 0 Å². The molecule has 2 unspecified atom stereocenters. The summed E-state index contributed by atoms with van der Waals surface area (Å²) in [7, 11) is 1.30. The number of amidine groups is 1. The van der Waals surface area contributed by atoms with E-state index in [-0.39, 0.29) is 28.6 Å². The zero-order valence-electron chi connectivity index (χ0n) is 30.2. The van der Waals surface area contributed by atoms with Gasteiger partial charge in [-0.25, -0.2) is 19.0 Å². The number of amides is 3. The van der Waals surface area contributed by atoms with Gasteiger partial charge in [-0.15, -0.1) is 17.8 Å². The van der Waals surface area contributed by atoms with Gasteiger partial charge in [0.25, 0.3) is 5.91 Å². The van der Waals surface area contributed by atoms with Crippen LogP contribution < -0.4 is 20.3 Å². The second-order valence-electron chi connectivity index (χ2n) is 13.7. The largest absolute Gasteiger partial charge is 0.466 e. The molecule has 0 radical (unpaired) electrons. The molecule has 7 rings (SSSR count). The number of thiazole rings is 1. The molecule has 2 N–H and O–H groups in total. The number of fused-ring (bicyclic) bond motifs is 1. The van der Waals surface area contributed by atoms with Gasteiger partial charge in [0.15, 0.2) is 10.8 Å². The normalized spacial score (nSPS) is 18.6. The fourth-order valence-corrected chi connectivity index (χ4v) is 7.58. The van der Waals surface area contributed by atoms with E-state index in [2.05, 4.69) is 26.4 Å². The van der Waals surface area contributed by atoms with E-state index >= 15 is 0 Å². The molecule has 282 valence electrons. The van der Waals surface area contributed by atoms with Crippen molar-refractivity contribution >= 4 is 52.4 Å². The van der Waals surface area contributed by atoms with Gasteiger partial charge in [-0.2, -0.15) is 0 Å². The summed E-state index contributed by atoms with van der Waals surface area (Å²) >= 11 is 7.90. The molecule has 1 aromatic heterocycles. The number of aliphatic imine (C=N–C) groups is 1. The lowest BCUT2D eigenvalue weighted by Crippen LogP contribution is -2.53. The molecule has 0 spiro atoms. The van der Waals surface area contributed by atoms with Gasteiger partial charge in [0.05, 0.1) is 24.3 Å². The lowest BCUT2D eigenvalue weighted by Gasteiger charge is -2.38. The molecule has 3 aliphatic heterocycles. The number of piperazine rings is 1. The molecule has 0 bridgehead atoms. The van der Waals surface area contributed by atoms with Gasteiger partial charge in [-0.1, -0.05) is 23.6 Å². The van der Waals surface area contributed by atoms with Crippen LogP contribution in [0.1, 0.15) is 40.8 Å². The Bertz CT molecular complexity index is 2220. The van der Waals surface area contributed by atoms with E-state index in [1.165, 1.54) is 36.6 Å². The Morgan fingerprint density at radius 3 is 2.47 bits per heavy atom. The van der Waals surface area contributed by atoms with Crippen molar-refractivity contribution in [3.8, 4) is 23.8 Å². The fraction of sp³-hybridized carbons (Fsp3) is 0.275. The standard InChI is InChI=1S/C40H37ClFN7O5S/c1-5-40(2,3)46-36(50)24-6-11-28(12-7-24)54-29-13-9-26(10-14-29)49-22-27-21-47(17-18-48(27)39(49)52)23-32-33(38(51)53-4)34(30-15-8-25(42)20-31(30)41)45-35(44-32)37-43-16-19-55-37/h1,6-16,19-20,27,34H,17-18,21-23H2,2-4H3,(H,44,45)(H,46,50). The number of urea groups is 1. The van der Waals surface area contributed by atoms with Crippen molar-refractivity contribution < 1.29 is 28.2 Å². The third kappa shape index (κ3) is 8.05. The minimum atomic E-state index is -0.870. The number of nitrogens with zero attached hydrogens (tertiary/aromatic N) is 5. The number of nitrogens with one attached hydrogen (secondary N) is 2. The maximum Gasteiger partial charge on any atom is 0.338 e. The lowest BCUT2D eigenvalue weighted by atomic mass is 9.95. The van der Waals surface area contributed by atoms with Crippen molar-refractivity contribution in [3.05, 3.63) is 117 Å². The molecule has 0 aliphatic carbocycles. The monoisotopic (exact) mass is 781 g/mol. The Labute approximate surface area is 326 Å². The molecular formula is C40H37ClFN7O5S. The van der Waals surface area contributed by atoms with Crippen LogP contribution in [0, 0.1) is 18.2 Å². The van der Waals surface area contributed by atoms with Crippen LogP contribution in [0.2, 0.25) is 5.02 Å². The van der Waals surface area contributed by atoms with Gasteiger partial charge < -0.3 is 25.0 Å². The minimum absolute atomic E-state index is 0.0883. The Balaban J connectivity index is 1.04. The number of aromatic nitrogens is 1. The highest BCUT2D eigenvalue weighted by Crippen LogP contribution is 2.37. The first-order valence-electron chi connectivity index (χ1n) is 17.4. The smallest absolute Gasteiger partial charge is 0.338 e. The number of carbonyl (C=O) groups excluding carboxylic acids is 3. The Morgan fingerprint density at radius 2 is 1.82 bits per heavy atom. The lowest BCUT2D eigenvalue weighted by molar-refractivity contribution is -0.136. The van der Waals surface area contributed by atoms with Crippen LogP contribution in [0.4, 0.5) is 14.9 Å². The maximum atomic E-state index is 14.1. The van der Waals surface area contributed by atoms with Gasteiger partial charge in [-0.05, 0) is 74.5 Å². The molecule has 3 aromatic carbocycles. The Hall–Kier alpha value is -5.75. The van der Waals surface area contributed by atoms with Crippen LogP contribution in [0.3, 0.4) is 0 Å². The zero-order valence-corrected chi connectivity index (χ0v) is 31.8. The molecule has 2 atom stereocenters. The average Bonchev–Trinajstić information content (AvgIpc) is 3.83. The number of esters is 1. The predicted molar refractivity (Wildman–Crippen MR) is 208 cm³/mol. The third-order valence-electron chi connectivity index (χ3n) is 9.53. The summed E-state index contributed by atoms with van der Waals surface area (Å²) in [6, 6.07) is 16.9. The summed E-state index contributed by atoms with van der Waals surface area (Å²) in [5.74, 6) is 2.75. The first-order chi connectivity index (χ1) is 26.4. The van der Waals surface area contributed by atoms with Crippen molar-refractivity contribution in [3.63, 3.8) is 0 Å². The highest BCUT2D eigenvalue weighted by atomic mass is 35.5. The molecular weight excluding hydrogens is 745 g/mol. The van der Waals surface area contributed by atoms with Gasteiger partial charge >= 0.3 is 12.0 Å². The van der Waals surface area contributed by atoms with Crippen LogP contribution in [0.5, 0.6) is 11.5 Å². The fourth-order valence-electron chi connectivity index (χ4n) is 6.72. The summed E-state index contributed by atoms with van der Waals surface area (Å²) < 4.78 is 25.3. The predicted octanol–water partition coefficient (Wildman–Crippen LogP) is 6.01. The number of benzene rings is 3. The van der Waals surface area contributed by atoms with Crippen molar-refractivity contribution in [2.45, 2.75) is 31.5 Å². The van der Waals surface area contributed by atoms with E-state index in [1.54, 1.807) is 61.3 Å². The van der Waals surface area contributed by atoms with Gasteiger partial charge in [0.2, 0.25) is 0 Å². The van der Waals surface area contributed by atoms with Crippen LogP contribution in [0.25, 0.3) is 0 Å². The van der Waals surface area contributed by atoms with Gasteiger partial charge in [0.1, 0.15) is 23.4 Å². The number of terminal acetylenes is 1. The molecule has 3 amide bonds. The van der Waals surface area contributed by atoms with Gasteiger partial charge in [0, 0.05) is 71.8 Å². The highest BCUT2D eigenvalue weighted by Gasteiger charge is 2.42. The molecule has 3 aliphatic rings. The second kappa shape index (κ2) is 15.5. The summed E-state index contributed by atoms with van der Waals surface area (Å²) in [5.41, 5.74) is 1.70. The quantitative estimate of drug-likeness (QED) is 0.148. The SMILES string of the molecule is C#CC(C)(C)NC(=O)c1ccc(Oc2ccc(N3CC4CN(CC5=C(C(=O)OC)C(c6ccc(F)cc6Cl)N=C(c6nccs6)N5)CCN4C3=O)cc2)cc1. The van der Waals surface area contributed by atoms with Crippen LogP contribution in [0.15, 0.2) is 94.6 Å². The topological polar surface area (TPSA) is 129 Å². The van der Waals surface area contributed by atoms with E-state index in [0.717, 1.165) is 5.69 Å². The Kier molecular flexibility index (Phi) is 10.6. The molecule has 0 saturated carbocycles. The highest BCUT2D eigenvalue weighted by molar-refractivity contribution is 7.11. The number of halogens is 2. The maximum absolute atomic E-state index is 14.1. The van der Waals surface area contributed by atoms with E-state index in [0.29, 0.717) is 71.9 Å². The number of anilines is 1. The zero-order chi connectivity index (χ0) is 38.9. The van der Waals surface area contributed by atoms with E-state index < -0.39 is 23.4 Å². The third-order valence-corrected chi connectivity index (χ3v) is 10.6. The summed E-state index contributed by atoms with van der Waals surface area (Å²) in [4.78, 5) is 54.6. The van der Waals surface area contributed by atoms with Crippen LogP contribution in [-0.2, 0) is 9.53 Å². The van der Waals surface area contributed by atoms with Gasteiger partial charge in [-0.3, -0.25) is 19.6 Å². The number of ether oxygens (including phenoxy) is 2. The summed E-state index contributed by atoms with van der Waals surface area (Å²) in [5, 5.41) is 8.71. The molecule has 4 heterocycles. The second-order valence-corrected chi connectivity index (χ2v) is 15.0. The summed E-state index contributed by atoms with van der Waals surface area (Å²) in [6.45, 7) is 5.86. The number of carbonyl (C=O) groups is 3. The summed E-state index contributed by atoms with van der Waals surface area (Å²) in [6.07, 6.45) is 7.15. The number of hydrogen-bond donors (Lipinski definition) is 2. The van der Waals surface area contributed by atoms with E-state index in [4.69, 9.17) is 32.5 Å². The molecule has 2 saturated heterocycles. The average molecular weight is 782 g/mol.